The average Bonchev–Trinajstić information content (AvgIpc) is 2.72. The van der Waals surface area contributed by atoms with Crippen molar-refractivity contribution >= 4 is 0 Å². The van der Waals surface area contributed by atoms with E-state index in [-0.39, 0.29) is 6.10 Å². The second kappa shape index (κ2) is 1.95. The van der Waals surface area contributed by atoms with Crippen molar-refractivity contribution in [2.45, 2.75) is 37.3 Å². The zero-order valence-corrected chi connectivity index (χ0v) is 7.34. The predicted octanol–water partition coefficient (Wildman–Crippen LogP) is -0.239. The van der Waals surface area contributed by atoms with Gasteiger partial charge in [0.15, 0.2) is 0 Å². The minimum atomic E-state index is -0.606. The van der Waals surface area contributed by atoms with Gasteiger partial charge in [-0.05, 0) is 36.5 Å². The molecule has 13 heavy (non-hydrogen) atoms. The van der Waals surface area contributed by atoms with Gasteiger partial charge in [0.1, 0.15) is 6.10 Å². The molecule has 0 aromatic heterocycles. The van der Waals surface area contributed by atoms with Gasteiger partial charge in [-0.25, -0.2) is 0 Å². The molecule has 3 heteroatoms. The van der Waals surface area contributed by atoms with E-state index in [1.165, 1.54) is 6.42 Å². The summed E-state index contributed by atoms with van der Waals surface area (Å²) in [6.45, 7) is 0. The van der Waals surface area contributed by atoms with Crippen LogP contribution in [0.3, 0.4) is 0 Å². The van der Waals surface area contributed by atoms with Gasteiger partial charge in [0.2, 0.25) is 0 Å². The maximum absolute atomic E-state index is 9.86. The van der Waals surface area contributed by atoms with Crippen molar-refractivity contribution in [1.82, 2.24) is 0 Å². The molecule has 72 valence electrons. The zero-order chi connectivity index (χ0) is 8.74. The van der Waals surface area contributed by atoms with E-state index in [2.05, 4.69) is 0 Å². The van der Waals surface area contributed by atoms with Crippen LogP contribution in [0.2, 0.25) is 0 Å². The molecule has 4 aliphatic rings. The van der Waals surface area contributed by atoms with E-state index in [1.807, 2.05) is 0 Å². The molecule has 2 N–H and O–H groups in total. The van der Waals surface area contributed by atoms with Crippen LogP contribution in [-0.4, -0.2) is 34.6 Å². The lowest BCUT2D eigenvalue weighted by Crippen LogP contribution is -2.36. The molecular weight excluding hydrogens is 168 g/mol. The Morgan fingerprint density at radius 3 is 2.69 bits per heavy atom. The van der Waals surface area contributed by atoms with Crippen LogP contribution in [0.4, 0.5) is 0 Å². The number of fused-ring (bicyclic) bond motifs is 2. The van der Waals surface area contributed by atoms with E-state index in [9.17, 15) is 10.2 Å². The molecular formula is C10H14O3. The van der Waals surface area contributed by atoms with E-state index in [0.29, 0.717) is 29.8 Å². The lowest BCUT2D eigenvalue weighted by Gasteiger charge is -2.27. The monoisotopic (exact) mass is 182 g/mol. The first kappa shape index (κ1) is 7.21. The first-order chi connectivity index (χ1) is 6.27. The molecule has 3 saturated carbocycles. The minimum absolute atomic E-state index is 0.0394. The van der Waals surface area contributed by atoms with Crippen molar-refractivity contribution in [3.63, 3.8) is 0 Å². The topological polar surface area (TPSA) is 49.7 Å². The second-order valence-electron chi connectivity index (χ2n) is 5.17. The van der Waals surface area contributed by atoms with Crippen molar-refractivity contribution in [3.8, 4) is 0 Å². The SMILES string of the molecule is O[C@@H]1[C@H](O)[C@@H]2[C@@H]3C[C@@H]4[C@H]2[C@H]1O[C@@H]4C3. The largest absolute Gasteiger partial charge is 0.390 e. The van der Waals surface area contributed by atoms with Crippen molar-refractivity contribution < 1.29 is 14.9 Å². The Balaban J connectivity index is 1.84. The molecule has 1 heterocycles. The molecule has 1 saturated heterocycles. The summed E-state index contributed by atoms with van der Waals surface area (Å²) in [4.78, 5) is 0. The number of ether oxygens (including phenoxy) is 1. The number of rotatable bonds is 0. The van der Waals surface area contributed by atoms with Crippen molar-refractivity contribution in [1.29, 1.82) is 0 Å². The lowest BCUT2D eigenvalue weighted by atomic mass is 9.81. The Bertz CT molecular complexity index is 263. The fourth-order valence-electron chi connectivity index (χ4n) is 4.54. The third-order valence-electron chi connectivity index (χ3n) is 4.86. The molecule has 0 aromatic rings. The minimum Gasteiger partial charge on any atom is -0.390 e. The highest BCUT2D eigenvalue weighted by molar-refractivity contribution is 5.17. The first-order valence-electron chi connectivity index (χ1n) is 5.29. The highest BCUT2D eigenvalue weighted by Crippen LogP contribution is 2.64. The van der Waals surface area contributed by atoms with E-state index < -0.39 is 12.2 Å². The van der Waals surface area contributed by atoms with Crippen LogP contribution in [0.5, 0.6) is 0 Å². The third kappa shape index (κ3) is 0.602. The molecule has 0 spiro atoms. The predicted molar refractivity (Wildman–Crippen MR) is 43.9 cm³/mol. The van der Waals surface area contributed by atoms with Crippen LogP contribution in [0.1, 0.15) is 12.8 Å². The molecule has 0 amide bonds. The van der Waals surface area contributed by atoms with Gasteiger partial charge >= 0.3 is 0 Å². The molecule has 0 radical (unpaired) electrons. The molecule has 0 unspecified atom stereocenters. The normalized spacial score (nSPS) is 72.5. The van der Waals surface area contributed by atoms with Crippen LogP contribution < -0.4 is 0 Å². The molecule has 3 nitrogen and oxygen atoms in total. The molecule has 4 rings (SSSR count). The van der Waals surface area contributed by atoms with Crippen LogP contribution in [-0.2, 0) is 4.74 Å². The van der Waals surface area contributed by atoms with Gasteiger partial charge in [0, 0.05) is 0 Å². The van der Waals surface area contributed by atoms with E-state index in [0.717, 1.165) is 6.42 Å². The molecule has 0 aromatic carbocycles. The summed E-state index contributed by atoms with van der Waals surface area (Å²) in [6.07, 6.45) is 1.63. The van der Waals surface area contributed by atoms with Gasteiger partial charge in [-0.3, -0.25) is 0 Å². The smallest absolute Gasteiger partial charge is 0.107 e. The summed E-state index contributed by atoms with van der Waals surface area (Å²) < 4.78 is 5.80. The van der Waals surface area contributed by atoms with Gasteiger partial charge < -0.3 is 14.9 Å². The van der Waals surface area contributed by atoms with Crippen LogP contribution >= 0.6 is 0 Å². The van der Waals surface area contributed by atoms with Gasteiger partial charge in [-0.15, -0.1) is 0 Å². The van der Waals surface area contributed by atoms with Crippen LogP contribution in [0, 0.1) is 23.7 Å². The van der Waals surface area contributed by atoms with Crippen molar-refractivity contribution in [3.05, 3.63) is 0 Å². The second-order valence-corrected chi connectivity index (χ2v) is 5.17. The third-order valence-corrected chi connectivity index (χ3v) is 4.86. The zero-order valence-electron chi connectivity index (χ0n) is 7.34. The Morgan fingerprint density at radius 1 is 1.00 bits per heavy atom. The maximum Gasteiger partial charge on any atom is 0.107 e. The highest BCUT2D eigenvalue weighted by Gasteiger charge is 2.69. The summed E-state index contributed by atoms with van der Waals surface area (Å²) in [6, 6.07) is 0. The number of hydrogen-bond acceptors (Lipinski definition) is 3. The van der Waals surface area contributed by atoms with Gasteiger partial charge in [-0.1, -0.05) is 0 Å². The highest BCUT2D eigenvalue weighted by atomic mass is 16.5. The first-order valence-corrected chi connectivity index (χ1v) is 5.29. The summed E-state index contributed by atoms with van der Waals surface area (Å²) in [7, 11) is 0. The van der Waals surface area contributed by atoms with E-state index in [4.69, 9.17) is 4.74 Å². The van der Waals surface area contributed by atoms with Gasteiger partial charge in [-0.2, -0.15) is 0 Å². The number of hydrogen-bond donors (Lipinski definition) is 2. The van der Waals surface area contributed by atoms with Crippen LogP contribution in [0.25, 0.3) is 0 Å². The molecule has 3 aliphatic carbocycles. The van der Waals surface area contributed by atoms with E-state index >= 15 is 0 Å². The van der Waals surface area contributed by atoms with Gasteiger partial charge in [0.25, 0.3) is 0 Å². The molecule has 2 bridgehead atoms. The summed E-state index contributed by atoms with van der Waals surface area (Å²) in [5, 5.41) is 19.6. The van der Waals surface area contributed by atoms with Crippen molar-refractivity contribution in [2.24, 2.45) is 23.7 Å². The quantitative estimate of drug-likeness (QED) is 0.543. The molecule has 4 fully saturated rings. The Hall–Kier alpha value is -0.120. The standard InChI is InChI=1S/C10H14O3/c11-8-6-3-1-4-5(2-3)13-10(7(4)6)9(8)12/h3-12H,1-2H2/t3-,4+,5-,6-,7-,8-,9-,10-/m1/s1. The van der Waals surface area contributed by atoms with Crippen molar-refractivity contribution in [2.75, 3.05) is 0 Å². The number of aliphatic hydroxyl groups excluding tert-OH is 2. The summed E-state index contributed by atoms with van der Waals surface area (Å²) in [5.41, 5.74) is 0. The lowest BCUT2D eigenvalue weighted by molar-refractivity contribution is -0.0811. The Morgan fingerprint density at radius 2 is 1.85 bits per heavy atom. The summed E-state index contributed by atoms with van der Waals surface area (Å²) in [5.74, 6) is 2.13. The molecule has 1 aliphatic heterocycles. The molecule has 8 atom stereocenters. The summed E-state index contributed by atoms with van der Waals surface area (Å²) >= 11 is 0. The van der Waals surface area contributed by atoms with Crippen LogP contribution in [0.15, 0.2) is 0 Å². The fraction of sp³-hybridized carbons (Fsp3) is 1.00. The Labute approximate surface area is 76.7 Å². The van der Waals surface area contributed by atoms with Gasteiger partial charge in [0.05, 0.1) is 18.3 Å². The Kier molecular flexibility index (Phi) is 1.08. The number of aliphatic hydroxyl groups is 2. The van der Waals surface area contributed by atoms with E-state index in [1.54, 1.807) is 0 Å². The fourth-order valence-corrected chi connectivity index (χ4v) is 4.54. The average molecular weight is 182 g/mol. The maximum atomic E-state index is 9.86.